The average Bonchev–Trinajstić information content (AvgIpc) is 2.94. The van der Waals surface area contributed by atoms with Gasteiger partial charge in [-0.15, -0.1) is 0 Å². The number of hydrogen-bond acceptors (Lipinski definition) is 3. The minimum absolute atomic E-state index is 0.0109. The number of amides is 2. The number of aromatic nitrogens is 2. The van der Waals surface area contributed by atoms with Crippen LogP contribution in [0.15, 0.2) is 36.4 Å². The molecule has 0 spiro atoms. The number of benzene rings is 2. The molecule has 2 aromatic carbocycles. The van der Waals surface area contributed by atoms with Crippen LogP contribution < -0.4 is 10.6 Å². The number of nitrogens with zero attached hydrogens (tertiary/aromatic N) is 2. The SMILES string of the molecule is CC(=O)Nc1cc(NC(=O)Cc2c(C)nn(-c3ccc(C)c(Cl)c3)c2C)ccc1F. The number of rotatable bonds is 5. The lowest BCUT2D eigenvalue weighted by Crippen LogP contribution is -2.16. The Morgan fingerprint density at radius 2 is 1.83 bits per heavy atom. The number of carbonyl (C=O) groups is 2. The molecule has 0 aliphatic carbocycles. The van der Waals surface area contributed by atoms with Crippen LogP contribution in [-0.2, 0) is 16.0 Å². The Hall–Kier alpha value is -3.19. The van der Waals surface area contributed by atoms with E-state index in [1.54, 1.807) is 4.68 Å². The van der Waals surface area contributed by atoms with Crippen molar-refractivity contribution < 1.29 is 14.0 Å². The molecule has 0 bridgehead atoms. The van der Waals surface area contributed by atoms with Crippen molar-refractivity contribution in [1.29, 1.82) is 0 Å². The van der Waals surface area contributed by atoms with Crippen molar-refractivity contribution >= 4 is 34.8 Å². The normalized spacial score (nSPS) is 10.7. The van der Waals surface area contributed by atoms with E-state index in [0.717, 1.165) is 28.2 Å². The minimum atomic E-state index is -0.576. The van der Waals surface area contributed by atoms with Crippen molar-refractivity contribution in [3.63, 3.8) is 0 Å². The summed E-state index contributed by atoms with van der Waals surface area (Å²) in [5.41, 5.74) is 4.55. The quantitative estimate of drug-likeness (QED) is 0.616. The number of halogens is 2. The molecule has 0 aliphatic heterocycles. The molecule has 0 radical (unpaired) electrons. The maximum absolute atomic E-state index is 13.8. The van der Waals surface area contributed by atoms with Gasteiger partial charge in [0.25, 0.3) is 0 Å². The van der Waals surface area contributed by atoms with Crippen molar-refractivity contribution in [2.24, 2.45) is 0 Å². The van der Waals surface area contributed by atoms with Gasteiger partial charge in [-0.05, 0) is 56.7 Å². The Bertz CT molecular complexity index is 1140. The van der Waals surface area contributed by atoms with Gasteiger partial charge in [0.2, 0.25) is 11.8 Å². The molecule has 2 N–H and O–H groups in total. The third kappa shape index (κ3) is 4.68. The van der Waals surface area contributed by atoms with Crippen LogP contribution in [0.1, 0.15) is 29.4 Å². The maximum atomic E-state index is 13.8. The summed E-state index contributed by atoms with van der Waals surface area (Å²) >= 11 is 6.23. The first-order chi connectivity index (χ1) is 14.2. The fourth-order valence-corrected chi connectivity index (χ4v) is 3.32. The summed E-state index contributed by atoms with van der Waals surface area (Å²) in [5, 5.41) is 10.3. The van der Waals surface area contributed by atoms with Crippen LogP contribution in [0.2, 0.25) is 5.02 Å². The lowest BCUT2D eigenvalue weighted by molar-refractivity contribution is -0.116. The Kier molecular flexibility index (Phi) is 6.22. The third-order valence-electron chi connectivity index (χ3n) is 4.74. The Labute approximate surface area is 179 Å². The number of hydrogen-bond donors (Lipinski definition) is 2. The fraction of sp³-hybridized carbons (Fsp3) is 0.227. The summed E-state index contributed by atoms with van der Waals surface area (Å²) < 4.78 is 15.5. The summed E-state index contributed by atoms with van der Waals surface area (Å²) in [6, 6.07) is 9.69. The van der Waals surface area contributed by atoms with Gasteiger partial charge < -0.3 is 10.6 Å². The van der Waals surface area contributed by atoms with Crippen LogP contribution in [-0.4, -0.2) is 21.6 Å². The van der Waals surface area contributed by atoms with Gasteiger partial charge in [-0.2, -0.15) is 5.10 Å². The van der Waals surface area contributed by atoms with Crippen molar-refractivity contribution in [2.45, 2.75) is 34.1 Å². The van der Waals surface area contributed by atoms with E-state index in [4.69, 9.17) is 11.6 Å². The average molecular weight is 429 g/mol. The van der Waals surface area contributed by atoms with Crippen LogP contribution in [0.4, 0.5) is 15.8 Å². The zero-order valence-electron chi connectivity index (χ0n) is 17.1. The summed E-state index contributed by atoms with van der Waals surface area (Å²) in [5.74, 6) is -1.25. The topological polar surface area (TPSA) is 76.0 Å². The molecule has 8 heteroatoms. The molecule has 0 atom stereocenters. The number of carbonyl (C=O) groups excluding carboxylic acids is 2. The molecule has 0 saturated heterocycles. The van der Waals surface area contributed by atoms with Gasteiger partial charge in [0.15, 0.2) is 0 Å². The molecule has 0 fully saturated rings. The van der Waals surface area contributed by atoms with E-state index in [-0.39, 0.29) is 18.0 Å². The first-order valence-corrected chi connectivity index (χ1v) is 9.72. The zero-order valence-corrected chi connectivity index (χ0v) is 17.9. The molecule has 0 saturated carbocycles. The maximum Gasteiger partial charge on any atom is 0.228 e. The molecular weight excluding hydrogens is 407 g/mol. The highest BCUT2D eigenvalue weighted by Crippen LogP contribution is 2.24. The van der Waals surface area contributed by atoms with Gasteiger partial charge in [-0.3, -0.25) is 9.59 Å². The van der Waals surface area contributed by atoms with E-state index in [2.05, 4.69) is 15.7 Å². The first kappa shape index (κ1) is 21.5. The number of nitrogens with one attached hydrogen (secondary N) is 2. The van der Waals surface area contributed by atoms with Gasteiger partial charge >= 0.3 is 0 Å². The highest BCUT2D eigenvalue weighted by atomic mass is 35.5. The van der Waals surface area contributed by atoms with Crippen LogP contribution >= 0.6 is 11.6 Å². The predicted octanol–water partition coefficient (Wildman–Crippen LogP) is 4.73. The Morgan fingerprint density at radius 3 is 2.50 bits per heavy atom. The molecular formula is C22H22ClFN4O2. The van der Waals surface area contributed by atoms with Gasteiger partial charge in [-0.1, -0.05) is 17.7 Å². The van der Waals surface area contributed by atoms with Crippen molar-refractivity contribution in [3.8, 4) is 5.69 Å². The minimum Gasteiger partial charge on any atom is -0.326 e. The summed E-state index contributed by atoms with van der Waals surface area (Å²) in [4.78, 5) is 23.8. The molecule has 1 heterocycles. The second-order valence-corrected chi connectivity index (χ2v) is 7.50. The molecule has 3 aromatic rings. The predicted molar refractivity (Wildman–Crippen MR) is 116 cm³/mol. The fourth-order valence-electron chi connectivity index (χ4n) is 3.15. The molecule has 0 unspecified atom stereocenters. The van der Waals surface area contributed by atoms with Crippen LogP contribution in [0, 0.1) is 26.6 Å². The van der Waals surface area contributed by atoms with Gasteiger partial charge in [0, 0.05) is 28.9 Å². The third-order valence-corrected chi connectivity index (χ3v) is 5.15. The van der Waals surface area contributed by atoms with Crippen molar-refractivity contribution in [3.05, 3.63) is 69.8 Å². The highest BCUT2D eigenvalue weighted by Gasteiger charge is 2.17. The second kappa shape index (κ2) is 8.67. The lowest BCUT2D eigenvalue weighted by atomic mass is 10.1. The van der Waals surface area contributed by atoms with E-state index in [1.165, 1.54) is 25.1 Å². The lowest BCUT2D eigenvalue weighted by Gasteiger charge is -2.10. The summed E-state index contributed by atoms with van der Waals surface area (Å²) in [7, 11) is 0. The monoisotopic (exact) mass is 428 g/mol. The number of aryl methyl sites for hydroxylation is 2. The van der Waals surface area contributed by atoms with Gasteiger partial charge in [0.1, 0.15) is 5.82 Å². The van der Waals surface area contributed by atoms with E-state index in [1.807, 2.05) is 39.0 Å². The molecule has 6 nitrogen and oxygen atoms in total. The van der Waals surface area contributed by atoms with Crippen LogP contribution in [0.3, 0.4) is 0 Å². The van der Waals surface area contributed by atoms with E-state index in [0.29, 0.717) is 10.7 Å². The molecule has 2 amide bonds. The standard InChI is InChI=1S/C22H22ClFN4O2/c1-12-5-7-17(10-19(12)23)28-14(3)18(13(2)27-28)11-22(30)26-16-6-8-20(24)21(9-16)25-15(4)29/h5-10H,11H2,1-4H3,(H,25,29)(H,26,30). The molecule has 156 valence electrons. The second-order valence-electron chi connectivity index (χ2n) is 7.10. The molecule has 3 rings (SSSR count). The molecule has 30 heavy (non-hydrogen) atoms. The smallest absolute Gasteiger partial charge is 0.228 e. The van der Waals surface area contributed by atoms with Crippen LogP contribution in [0.25, 0.3) is 5.69 Å². The Balaban J connectivity index is 1.80. The largest absolute Gasteiger partial charge is 0.326 e. The zero-order chi connectivity index (χ0) is 22.0. The van der Waals surface area contributed by atoms with E-state index in [9.17, 15) is 14.0 Å². The van der Waals surface area contributed by atoms with E-state index < -0.39 is 11.7 Å². The summed E-state index contributed by atoms with van der Waals surface area (Å²) in [6.45, 7) is 6.95. The van der Waals surface area contributed by atoms with Crippen molar-refractivity contribution in [2.75, 3.05) is 10.6 Å². The van der Waals surface area contributed by atoms with Gasteiger partial charge in [0.05, 0.1) is 23.5 Å². The van der Waals surface area contributed by atoms with E-state index >= 15 is 0 Å². The molecule has 1 aromatic heterocycles. The van der Waals surface area contributed by atoms with Crippen molar-refractivity contribution in [1.82, 2.24) is 9.78 Å². The number of anilines is 2. The Morgan fingerprint density at radius 1 is 1.10 bits per heavy atom. The first-order valence-electron chi connectivity index (χ1n) is 9.34. The molecule has 0 aliphatic rings. The van der Waals surface area contributed by atoms with Crippen LogP contribution in [0.5, 0.6) is 0 Å². The summed E-state index contributed by atoms with van der Waals surface area (Å²) in [6.07, 6.45) is 0.101. The highest BCUT2D eigenvalue weighted by molar-refractivity contribution is 6.31. The van der Waals surface area contributed by atoms with Gasteiger partial charge in [-0.25, -0.2) is 9.07 Å².